The smallest absolute Gasteiger partial charge is 0.224 e. The predicted molar refractivity (Wildman–Crippen MR) is 107 cm³/mol. The van der Waals surface area contributed by atoms with Crippen molar-refractivity contribution in [3.63, 3.8) is 0 Å². The number of thiophene rings is 1. The number of nitrogens with zero attached hydrogens (tertiary/aromatic N) is 2. The highest BCUT2D eigenvalue weighted by Gasteiger charge is 2.56. The number of carbonyl (C=O) groups excluding carboxylic acids is 1. The maximum atomic E-state index is 12.6. The average molecular weight is 400 g/mol. The fourth-order valence-corrected chi connectivity index (χ4v) is 5.14. The third kappa shape index (κ3) is 4.60. The van der Waals surface area contributed by atoms with Gasteiger partial charge in [0.1, 0.15) is 0 Å². The van der Waals surface area contributed by atoms with E-state index in [1.54, 1.807) is 11.3 Å². The molecule has 7 heteroatoms. The van der Waals surface area contributed by atoms with Gasteiger partial charge in [0.05, 0.1) is 13.2 Å². The predicted octanol–water partition coefficient (Wildman–Crippen LogP) is 2.36. The van der Waals surface area contributed by atoms with E-state index in [1.165, 1.54) is 24.8 Å². The number of morpholine rings is 1. The molecule has 0 bridgehead atoms. The van der Waals surface area contributed by atoms with Gasteiger partial charge in [-0.1, -0.05) is 0 Å². The quantitative estimate of drug-likeness (QED) is 0.797. The van der Waals surface area contributed by atoms with Crippen molar-refractivity contribution in [3.05, 3.63) is 22.4 Å². The largest absolute Gasteiger partial charge is 0.378 e. The van der Waals surface area contributed by atoms with Gasteiger partial charge in [0.25, 0.3) is 0 Å². The second-order valence-electron chi connectivity index (χ2n) is 7.68. The molecule has 26 heavy (non-hydrogen) atoms. The Morgan fingerprint density at radius 1 is 1.35 bits per heavy atom. The second kappa shape index (κ2) is 9.02. The normalized spacial score (nSPS) is 24.5. The maximum absolute atomic E-state index is 12.6. The number of rotatable bonds is 6. The molecule has 3 heterocycles. The van der Waals surface area contributed by atoms with E-state index in [2.05, 4.69) is 27.0 Å². The number of hydrogen-bond acceptors (Lipinski definition) is 5. The molecular formula is C19H30ClN3O2S. The van der Waals surface area contributed by atoms with Gasteiger partial charge in [-0.25, -0.2) is 0 Å². The van der Waals surface area contributed by atoms with Crippen molar-refractivity contribution in [1.82, 2.24) is 15.1 Å². The van der Waals surface area contributed by atoms with Gasteiger partial charge in [-0.3, -0.25) is 9.69 Å². The van der Waals surface area contributed by atoms with E-state index in [0.717, 1.165) is 39.3 Å². The number of carbonyl (C=O) groups is 1. The van der Waals surface area contributed by atoms with E-state index in [-0.39, 0.29) is 12.4 Å². The lowest BCUT2D eigenvalue weighted by Crippen LogP contribution is -2.42. The molecule has 1 atom stereocenters. The molecule has 3 fully saturated rings. The lowest BCUT2D eigenvalue weighted by molar-refractivity contribution is -0.135. The molecular weight excluding hydrogens is 370 g/mol. The number of piperidine rings is 1. The zero-order valence-corrected chi connectivity index (χ0v) is 17.0. The second-order valence-corrected chi connectivity index (χ2v) is 8.46. The summed E-state index contributed by atoms with van der Waals surface area (Å²) in [5.74, 6) is 0.290. The summed E-state index contributed by atoms with van der Waals surface area (Å²) in [6.07, 6.45) is 4.52. The topological polar surface area (TPSA) is 44.8 Å². The van der Waals surface area contributed by atoms with Gasteiger partial charge in [0, 0.05) is 38.6 Å². The van der Waals surface area contributed by atoms with Crippen LogP contribution in [-0.4, -0.2) is 67.7 Å². The number of nitrogens with one attached hydrogen (secondary N) is 1. The first-order chi connectivity index (χ1) is 12.3. The molecule has 1 spiro atoms. The van der Waals surface area contributed by atoms with Crippen molar-refractivity contribution in [3.8, 4) is 0 Å². The Balaban J connectivity index is 0.00000196. The molecule has 0 aromatic carbocycles. The third-order valence-electron chi connectivity index (χ3n) is 6.13. The van der Waals surface area contributed by atoms with Crippen LogP contribution in [0.25, 0.3) is 0 Å². The molecule has 3 aliphatic rings. The van der Waals surface area contributed by atoms with Crippen LogP contribution in [0.1, 0.15) is 31.2 Å². The Morgan fingerprint density at radius 3 is 2.81 bits per heavy atom. The van der Waals surface area contributed by atoms with Crippen LogP contribution in [-0.2, 0) is 16.1 Å². The molecule has 1 aliphatic carbocycles. The van der Waals surface area contributed by atoms with Crippen LogP contribution in [0.3, 0.4) is 0 Å². The first-order valence-electron chi connectivity index (χ1n) is 9.58. The summed E-state index contributed by atoms with van der Waals surface area (Å²) in [7, 11) is 0. The van der Waals surface area contributed by atoms with E-state index in [9.17, 15) is 4.79 Å². The van der Waals surface area contributed by atoms with Crippen molar-refractivity contribution < 1.29 is 9.53 Å². The number of amides is 1. The molecule has 1 amide bonds. The van der Waals surface area contributed by atoms with Gasteiger partial charge in [-0.05, 0) is 60.2 Å². The first kappa shape index (κ1) is 20.1. The van der Waals surface area contributed by atoms with Crippen LogP contribution in [0, 0.1) is 5.41 Å². The van der Waals surface area contributed by atoms with Crippen molar-refractivity contribution in [2.75, 3.05) is 45.9 Å². The van der Waals surface area contributed by atoms with Crippen LogP contribution in [0.2, 0.25) is 0 Å². The van der Waals surface area contributed by atoms with Gasteiger partial charge in [0.15, 0.2) is 0 Å². The molecule has 1 aromatic rings. The summed E-state index contributed by atoms with van der Waals surface area (Å²) in [6.45, 7) is 7.04. The Morgan fingerprint density at radius 2 is 2.12 bits per heavy atom. The zero-order chi connectivity index (χ0) is 17.1. The summed E-state index contributed by atoms with van der Waals surface area (Å²) in [5, 5.41) is 7.89. The van der Waals surface area contributed by atoms with Gasteiger partial charge in [-0.2, -0.15) is 11.3 Å². The SMILES string of the molecule is Cl.O=C(CCN(Cc1ccsc1)C1CC12CCNCC2)N1CCOCC1. The van der Waals surface area contributed by atoms with Crippen molar-refractivity contribution in [2.45, 2.75) is 38.3 Å². The summed E-state index contributed by atoms with van der Waals surface area (Å²) in [4.78, 5) is 17.1. The van der Waals surface area contributed by atoms with Crippen molar-refractivity contribution >= 4 is 29.7 Å². The number of halogens is 1. The Hall–Kier alpha value is -0.660. The summed E-state index contributed by atoms with van der Waals surface area (Å²) in [6, 6.07) is 2.88. The zero-order valence-electron chi connectivity index (χ0n) is 15.3. The molecule has 5 nitrogen and oxygen atoms in total. The van der Waals surface area contributed by atoms with Crippen LogP contribution in [0.4, 0.5) is 0 Å². The van der Waals surface area contributed by atoms with Gasteiger partial charge in [-0.15, -0.1) is 12.4 Å². The molecule has 0 radical (unpaired) electrons. The standard InChI is InChI=1S/C19H29N3O2S.ClH/c23-18(21-8-10-24-11-9-21)1-7-22(14-16-2-12-25-15-16)17-13-19(17)3-5-20-6-4-19;/h2,12,15,17,20H,1,3-11,13-14H2;1H. The molecule has 2 saturated heterocycles. The van der Waals surface area contributed by atoms with Crippen LogP contribution >= 0.6 is 23.7 Å². The van der Waals surface area contributed by atoms with E-state index in [1.807, 2.05) is 4.90 Å². The first-order valence-corrected chi connectivity index (χ1v) is 10.5. The maximum Gasteiger partial charge on any atom is 0.224 e. The molecule has 146 valence electrons. The lowest BCUT2D eigenvalue weighted by atomic mass is 9.93. The van der Waals surface area contributed by atoms with E-state index < -0.39 is 0 Å². The molecule has 1 saturated carbocycles. The Labute approximate surface area is 166 Å². The van der Waals surface area contributed by atoms with Crippen molar-refractivity contribution in [1.29, 1.82) is 0 Å². The summed E-state index contributed by atoms with van der Waals surface area (Å²) < 4.78 is 5.36. The lowest BCUT2D eigenvalue weighted by Gasteiger charge is -2.31. The van der Waals surface area contributed by atoms with Crippen molar-refractivity contribution in [2.24, 2.45) is 5.41 Å². The minimum absolute atomic E-state index is 0. The molecule has 4 rings (SSSR count). The highest BCUT2D eigenvalue weighted by atomic mass is 35.5. The van der Waals surface area contributed by atoms with Crippen LogP contribution < -0.4 is 5.32 Å². The van der Waals surface area contributed by atoms with Crippen LogP contribution in [0.15, 0.2) is 16.8 Å². The highest BCUT2D eigenvalue weighted by molar-refractivity contribution is 7.07. The fourth-order valence-electron chi connectivity index (χ4n) is 4.48. The third-order valence-corrected chi connectivity index (χ3v) is 6.86. The van der Waals surface area contributed by atoms with Gasteiger partial charge >= 0.3 is 0 Å². The van der Waals surface area contributed by atoms with E-state index >= 15 is 0 Å². The number of ether oxygens (including phenoxy) is 1. The molecule has 1 aromatic heterocycles. The highest BCUT2D eigenvalue weighted by Crippen LogP contribution is 2.56. The van der Waals surface area contributed by atoms with Gasteiger partial charge in [0.2, 0.25) is 5.91 Å². The molecule has 1 N–H and O–H groups in total. The minimum Gasteiger partial charge on any atom is -0.378 e. The van der Waals surface area contributed by atoms with E-state index in [0.29, 0.717) is 37.0 Å². The molecule has 1 unspecified atom stereocenters. The Bertz CT molecular complexity index is 571. The summed E-state index contributed by atoms with van der Waals surface area (Å²) >= 11 is 1.76. The average Bonchev–Trinajstić information content (AvgIpc) is 3.09. The minimum atomic E-state index is 0. The van der Waals surface area contributed by atoms with E-state index in [4.69, 9.17) is 4.74 Å². The molecule has 2 aliphatic heterocycles. The number of hydrogen-bond donors (Lipinski definition) is 1. The Kier molecular flexibility index (Phi) is 6.97. The monoisotopic (exact) mass is 399 g/mol. The van der Waals surface area contributed by atoms with Crippen LogP contribution in [0.5, 0.6) is 0 Å². The van der Waals surface area contributed by atoms with Gasteiger partial charge < -0.3 is 15.0 Å². The summed E-state index contributed by atoms with van der Waals surface area (Å²) in [5.41, 5.74) is 1.91. The fraction of sp³-hybridized carbons (Fsp3) is 0.737.